The van der Waals surface area contributed by atoms with Crippen LogP contribution in [-0.4, -0.2) is 11.1 Å². The quantitative estimate of drug-likeness (QED) is 0.476. The molecule has 3 heteroatoms. The SMILES string of the molecule is CC(=CC=CC(C)CCCC(C)CC(=O)O)CCCc1ccoc1. The lowest BCUT2D eigenvalue weighted by Crippen LogP contribution is -2.04. The zero-order valence-corrected chi connectivity index (χ0v) is 15.3. The zero-order valence-electron chi connectivity index (χ0n) is 15.3. The smallest absolute Gasteiger partial charge is 0.303 e. The maximum Gasteiger partial charge on any atom is 0.303 e. The van der Waals surface area contributed by atoms with E-state index in [2.05, 4.69) is 32.1 Å². The van der Waals surface area contributed by atoms with Gasteiger partial charge in [0.1, 0.15) is 0 Å². The van der Waals surface area contributed by atoms with Gasteiger partial charge in [0.15, 0.2) is 0 Å². The number of carbonyl (C=O) groups is 1. The van der Waals surface area contributed by atoms with Crippen molar-refractivity contribution in [1.82, 2.24) is 0 Å². The van der Waals surface area contributed by atoms with Crippen LogP contribution in [0.4, 0.5) is 0 Å². The van der Waals surface area contributed by atoms with E-state index in [0.29, 0.717) is 5.92 Å². The lowest BCUT2D eigenvalue weighted by atomic mass is 9.96. The van der Waals surface area contributed by atoms with Crippen LogP contribution in [0.15, 0.2) is 46.8 Å². The van der Waals surface area contributed by atoms with E-state index in [0.717, 1.165) is 38.5 Å². The molecule has 0 saturated heterocycles. The van der Waals surface area contributed by atoms with E-state index in [-0.39, 0.29) is 12.3 Å². The summed E-state index contributed by atoms with van der Waals surface area (Å²) < 4.78 is 5.07. The second-order valence-corrected chi connectivity index (χ2v) is 6.99. The predicted octanol–water partition coefficient (Wildman–Crippen LogP) is 6.02. The Bertz CT molecular complexity index is 511. The molecular formula is C21H32O3. The highest BCUT2D eigenvalue weighted by Gasteiger charge is 2.07. The van der Waals surface area contributed by atoms with Crippen LogP contribution >= 0.6 is 0 Å². The molecular weight excluding hydrogens is 300 g/mol. The van der Waals surface area contributed by atoms with Gasteiger partial charge in [0.05, 0.1) is 12.5 Å². The largest absolute Gasteiger partial charge is 0.481 e. The van der Waals surface area contributed by atoms with Crippen molar-refractivity contribution in [3.05, 3.63) is 48.0 Å². The highest BCUT2D eigenvalue weighted by Crippen LogP contribution is 2.16. The van der Waals surface area contributed by atoms with E-state index in [1.807, 2.05) is 19.3 Å². The average Bonchev–Trinajstić information content (AvgIpc) is 2.99. The summed E-state index contributed by atoms with van der Waals surface area (Å²) in [6, 6.07) is 2.03. The summed E-state index contributed by atoms with van der Waals surface area (Å²) in [7, 11) is 0. The standard InChI is InChI=1S/C21H32O3/c1-17(9-5-11-19(3)15-21(22)23)7-4-8-18(2)10-6-12-20-13-14-24-16-20/h4,7-8,13-14,16-17,19H,5-6,9-12,15H2,1-3H3,(H,22,23). The molecule has 134 valence electrons. The van der Waals surface area contributed by atoms with Gasteiger partial charge < -0.3 is 9.52 Å². The molecule has 0 bridgehead atoms. The Morgan fingerprint density at radius 3 is 2.75 bits per heavy atom. The second-order valence-electron chi connectivity index (χ2n) is 6.99. The van der Waals surface area contributed by atoms with E-state index in [9.17, 15) is 4.79 Å². The molecule has 0 saturated carbocycles. The molecule has 1 heterocycles. The van der Waals surface area contributed by atoms with E-state index in [1.165, 1.54) is 11.1 Å². The highest BCUT2D eigenvalue weighted by molar-refractivity contribution is 5.66. The summed E-state index contributed by atoms with van der Waals surface area (Å²) in [5, 5.41) is 8.75. The number of aliphatic carboxylic acids is 1. The molecule has 3 nitrogen and oxygen atoms in total. The molecule has 0 fully saturated rings. The Morgan fingerprint density at radius 1 is 1.29 bits per heavy atom. The van der Waals surface area contributed by atoms with Gasteiger partial charge >= 0.3 is 5.97 Å². The molecule has 0 aromatic carbocycles. The van der Waals surface area contributed by atoms with Crippen molar-refractivity contribution in [2.45, 2.75) is 65.7 Å². The molecule has 1 aromatic heterocycles. The van der Waals surface area contributed by atoms with Gasteiger partial charge in [-0.3, -0.25) is 4.79 Å². The van der Waals surface area contributed by atoms with Gasteiger partial charge in [0.25, 0.3) is 0 Å². The summed E-state index contributed by atoms with van der Waals surface area (Å²) >= 11 is 0. The Kier molecular flexibility index (Phi) is 9.90. The van der Waals surface area contributed by atoms with Crippen LogP contribution in [-0.2, 0) is 11.2 Å². The van der Waals surface area contributed by atoms with Crippen molar-refractivity contribution >= 4 is 5.97 Å². The van der Waals surface area contributed by atoms with Crippen LogP contribution in [0.1, 0.15) is 64.9 Å². The van der Waals surface area contributed by atoms with Crippen molar-refractivity contribution in [1.29, 1.82) is 0 Å². The highest BCUT2D eigenvalue weighted by atomic mass is 16.4. The van der Waals surface area contributed by atoms with Crippen LogP contribution in [0.3, 0.4) is 0 Å². The maximum absolute atomic E-state index is 10.6. The minimum Gasteiger partial charge on any atom is -0.481 e. The first-order valence-corrected chi connectivity index (χ1v) is 9.04. The van der Waals surface area contributed by atoms with Crippen molar-refractivity contribution in [2.24, 2.45) is 11.8 Å². The third kappa shape index (κ3) is 10.1. The van der Waals surface area contributed by atoms with E-state index in [1.54, 1.807) is 6.26 Å². The summed E-state index contributed by atoms with van der Waals surface area (Å²) in [5.41, 5.74) is 2.67. The van der Waals surface area contributed by atoms with Crippen LogP contribution in [0.2, 0.25) is 0 Å². The molecule has 1 rings (SSSR count). The first-order chi connectivity index (χ1) is 11.5. The summed E-state index contributed by atoms with van der Waals surface area (Å²) in [4.78, 5) is 10.6. The fourth-order valence-electron chi connectivity index (χ4n) is 2.78. The summed E-state index contributed by atoms with van der Waals surface area (Å²) in [6.07, 6.45) is 17.0. The van der Waals surface area contributed by atoms with Gasteiger partial charge in [-0.2, -0.15) is 0 Å². The average molecular weight is 332 g/mol. The third-order valence-corrected chi connectivity index (χ3v) is 4.32. The van der Waals surface area contributed by atoms with Crippen molar-refractivity contribution in [3.63, 3.8) is 0 Å². The third-order valence-electron chi connectivity index (χ3n) is 4.32. The van der Waals surface area contributed by atoms with Crippen molar-refractivity contribution in [2.75, 3.05) is 0 Å². The lowest BCUT2D eigenvalue weighted by molar-refractivity contribution is -0.138. The number of hydrogen-bond donors (Lipinski definition) is 1. The maximum atomic E-state index is 10.6. The number of allylic oxidation sites excluding steroid dienone is 4. The number of aryl methyl sites for hydroxylation is 1. The Morgan fingerprint density at radius 2 is 2.08 bits per heavy atom. The molecule has 24 heavy (non-hydrogen) atoms. The summed E-state index contributed by atoms with van der Waals surface area (Å²) in [5.74, 6) is 0.122. The topological polar surface area (TPSA) is 50.4 Å². The van der Waals surface area contributed by atoms with Gasteiger partial charge in [0.2, 0.25) is 0 Å². The van der Waals surface area contributed by atoms with Gasteiger partial charge in [-0.1, -0.05) is 50.5 Å². The van der Waals surface area contributed by atoms with Crippen LogP contribution in [0.25, 0.3) is 0 Å². The molecule has 0 spiro atoms. The first kappa shape index (κ1) is 20.3. The summed E-state index contributed by atoms with van der Waals surface area (Å²) in [6.45, 7) is 6.42. The van der Waals surface area contributed by atoms with Gasteiger partial charge in [-0.05, 0) is 56.1 Å². The Hall–Kier alpha value is -1.77. The molecule has 2 atom stereocenters. The number of carboxylic acid groups (broad SMARTS) is 1. The molecule has 1 N–H and O–H groups in total. The number of rotatable bonds is 12. The van der Waals surface area contributed by atoms with E-state index < -0.39 is 5.97 Å². The van der Waals surface area contributed by atoms with Crippen LogP contribution < -0.4 is 0 Å². The van der Waals surface area contributed by atoms with Crippen LogP contribution in [0, 0.1) is 11.8 Å². The fourth-order valence-corrected chi connectivity index (χ4v) is 2.78. The lowest BCUT2D eigenvalue weighted by Gasteiger charge is -2.10. The number of carboxylic acids is 1. The van der Waals surface area contributed by atoms with E-state index in [4.69, 9.17) is 9.52 Å². The first-order valence-electron chi connectivity index (χ1n) is 9.04. The minimum atomic E-state index is -0.691. The van der Waals surface area contributed by atoms with Crippen molar-refractivity contribution < 1.29 is 14.3 Å². The minimum absolute atomic E-state index is 0.274. The monoisotopic (exact) mass is 332 g/mol. The number of furan rings is 1. The zero-order chi connectivity index (χ0) is 17.8. The van der Waals surface area contributed by atoms with Crippen LogP contribution in [0.5, 0.6) is 0 Å². The number of hydrogen-bond acceptors (Lipinski definition) is 2. The molecule has 2 unspecified atom stereocenters. The normalized spacial score (nSPS) is 14.9. The molecule has 0 radical (unpaired) electrons. The Labute approximate surface area is 146 Å². The molecule has 1 aromatic rings. The van der Waals surface area contributed by atoms with Gasteiger partial charge in [-0.15, -0.1) is 0 Å². The second kappa shape index (κ2) is 11.7. The fraction of sp³-hybridized carbons (Fsp3) is 0.571. The molecule has 0 aliphatic heterocycles. The van der Waals surface area contributed by atoms with Gasteiger partial charge in [-0.25, -0.2) is 0 Å². The molecule has 0 amide bonds. The Balaban J connectivity index is 2.15. The predicted molar refractivity (Wildman–Crippen MR) is 99.0 cm³/mol. The van der Waals surface area contributed by atoms with E-state index >= 15 is 0 Å². The van der Waals surface area contributed by atoms with Gasteiger partial charge in [0, 0.05) is 6.42 Å². The van der Waals surface area contributed by atoms with Crippen molar-refractivity contribution in [3.8, 4) is 0 Å². The molecule has 0 aliphatic carbocycles. The molecule has 0 aliphatic rings.